The maximum absolute atomic E-state index is 9.81. The van der Waals surface area contributed by atoms with Crippen molar-refractivity contribution in [2.75, 3.05) is 19.8 Å². The minimum Gasteiger partial charge on any atom is -0.388 e. The number of allylic oxidation sites excluding steroid dienone is 1. The van der Waals surface area contributed by atoms with Gasteiger partial charge in [-0.25, -0.2) is 0 Å². The van der Waals surface area contributed by atoms with Crippen LogP contribution >= 0.6 is 0 Å². The molecule has 1 heterocycles. The Morgan fingerprint density at radius 1 is 1.20 bits per heavy atom. The van der Waals surface area contributed by atoms with Crippen molar-refractivity contribution in [1.29, 1.82) is 0 Å². The summed E-state index contributed by atoms with van der Waals surface area (Å²) in [4.78, 5) is 0. The van der Waals surface area contributed by atoms with Gasteiger partial charge in [0.2, 0.25) is 0 Å². The van der Waals surface area contributed by atoms with Crippen LogP contribution in [-0.2, 0) is 9.47 Å². The van der Waals surface area contributed by atoms with Crippen LogP contribution in [0.2, 0.25) is 0 Å². The third-order valence-corrected chi connectivity index (χ3v) is 3.56. The molecule has 0 aromatic carbocycles. The summed E-state index contributed by atoms with van der Waals surface area (Å²) in [6.07, 6.45) is 5.14. The summed E-state index contributed by atoms with van der Waals surface area (Å²) >= 11 is 0. The largest absolute Gasteiger partial charge is 0.388 e. The van der Waals surface area contributed by atoms with E-state index in [0.29, 0.717) is 6.61 Å². The molecule has 1 aliphatic rings. The highest BCUT2D eigenvalue weighted by molar-refractivity contribution is 4.87. The number of hydrogen-bond acceptors (Lipinski definition) is 5. The Morgan fingerprint density at radius 3 is 2.55 bits per heavy atom. The van der Waals surface area contributed by atoms with Crippen LogP contribution in [0.1, 0.15) is 38.5 Å². The lowest BCUT2D eigenvalue weighted by atomic mass is 10.1. The summed E-state index contributed by atoms with van der Waals surface area (Å²) in [5, 5.41) is 28.7. The molecule has 118 valence electrons. The van der Waals surface area contributed by atoms with Crippen LogP contribution < -0.4 is 0 Å². The van der Waals surface area contributed by atoms with Crippen molar-refractivity contribution in [2.24, 2.45) is 0 Å². The Balaban J connectivity index is 1.94. The maximum Gasteiger partial charge on any atom is 0.114 e. The van der Waals surface area contributed by atoms with E-state index >= 15 is 0 Å². The average molecular weight is 288 g/mol. The van der Waals surface area contributed by atoms with E-state index in [9.17, 15) is 15.3 Å². The van der Waals surface area contributed by atoms with Crippen LogP contribution in [0.5, 0.6) is 0 Å². The molecule has 1 rings (SSSR count). The number of ether oxygens (including phenoxy) is 2. The van der Waals surface area contributed by atoms with Gasteiger partial charge in [-0.15, -0.1) is 6.58 Å². The predicted octanol–water partition coefficient (Wildman–Crippen LogP) is 1.01. The van der Waals surface area contributed by atoms with Gasteiger partial charge >= 0.3 is 0 Å². The molecule has 0 radical (unpaired) electrons. The Labute approximate surface area is 121 Å². The summed E-state index contributed by atoms with van der Waals surface area (Å²) in [7, 11) is 0. The molecule has 1 saturated heterocycles. The summed E-state index contributed by atoms with van der Waals surface area (Å²) < 4.78 is 10.5. The number of aliphatic hydroxyl groups is 3. The number of rotatable bonds is 11. The van der Waals surface area contributed by atoms with Crippen molar-refractivity contribution in [1.82, 2.24) is 0 Å². The molecule has 5 nitrogen and oxygen atoms in total. The molecule has 1 aliphatic heterocycles. The fourth-order valence-corrected chi connectivity index (χ4v) is 2.29. The van der Waals surface area contributed by atoms with Crippen LogP contribution in [0.4, 0.5) is 0 Å². The topological polar surface area (TPSA) is 79.2 Å². The van der Waals surface area contributed by atoms with E-state index in [4.69, 9.17) is 9.47 Å². The van der Waals surface area contributed by atoms with Crippen LogP contribution in [-0.4, -0.2) is 59.6 Å². The first-order chi connectivity index (χ1) is 9.66. The standard InChI is InChI=1S/C15H28O5/c1-2-3-4-5-6-7-8-9-19-10-13(17)15-14(18)12(16)11-20-15/h2,12-18H,1,3-11H2/t12-,13+,14+,15+/m0/s1. The molecule has 0 aliphatic carbocycles. The molecular formula is C15H28O5. The molecular weight excluding hydrogens is 260 g/mol. The van der Waals surface area contributed by atoms with E-state index in [-0.39, 0.29) is 13.2 Å². The number of hydrogen-bond donors (Lipinski definition) is 3. The van der Waals surface area contributed by atoms with Crippen molar-refractivity contribution in [2.45, 2.75) is 62.9 Å². The molecule has 1 fully saturated rings. The minimum absolute atomic E-state index is 0.0631. The van der Waals surface area contributed by atoms with Gasteiger partial charge in [-0.2, -0.15) is 0 Å². The van der Waals surface area contributed by atoms with Crippen LogP contribution in [0.15, 0.2) is 12.7 Å². The molecule has 3 N–H and O–H groups in total. The van der Waals surface area contributed by atoms with E-state index in [0.717, 1.165) is 19.3 Å². The molecule has 0 aromatic heterocycles. The van der Waals surface area contributed by atoms with Crippen molar-refractivity contribution >= 4 is 0 Å². The lowest BCUT2D eigenvalue weighted by Crippen LogP contribution is -2.40. The Morgan fingerprint density at radius 2 is 1.90 bits per heavy atom. The van der Waals surface area contributed by atoms with E-state index < -0.39 is 24.4 Å². The second-order valence-electron chi connectivity index (χ2n) is 5.34. The van der Waals surface area contributed by atoms with E-state index in [1.54, 1.807) is 0 Å². The second-order valence-corrected chi connectivity index (χ2v) is 5.34. The average Bonchev–Trinajstić information content (AvgIpc) is 2.77. The van der Waals surface area contributed by atoms with Crippen LogP contribution in [0, 0.1) is 0 Å². The third kappa shape index (κ3) is 6.33. The Kier molecular flexibility index (Phi) is 9.05. The van der Waals surface area contributed by atoms with Gasteiger partial charge in [0.1, 0.15) is 24.4 Å². The Bertz CT molecular complexity index is 259. The SMILES string of the molecule is C=CCCCCCCCOC[C@@H](O)[C@H]1OC[C@H](O)[C@H]1O. The lowest BCUT2D eigenvalue weighted by Gasteiger charge is -2.20. The van der Waals surface area contributed by atoms with E-state index in [1.165, 1.54) is 19.3 Å². The van der Waals surface area contributed by atoms with Gasteiger partial charge in [0.15, 0.2) is 0 Å². The maximum atomic E-state index is 9.81. The lowest BCUT2D eigenvalue weighted by molar-refractivity contribution is -0.0813. The summed E-state index contributed by atoms with van der Waals surface area (Å²) in [5.41, 5.74) is 0. The van der Waals surface area contributed by atoms with E-state index in [2.05, 4.69) is 6.58 Å². The predicted molar refractivity (Wildman–Crippen MR) is 76.5 cm³/mol. The molecule has 0 bridgehead atoms. The zero-order valence-electron chi connectivity index (χ0n) is 12.1. The normalized spacial score (nSPS) is 27.6. The van der Waals surface area contributed by atoms with Crippen molar-refractivity contribution in [3.05, 3.63) is 12.7 Å². The molecule has 20 heavy (non-hydrogen) atoms. The zero-order chi connectivity index (χ0) is 14.8. The smallest absolute Gasteiger partial charge is 0.114 e. The van der Waals surface area contributed by atoms with Gasteiger partial charge in [-0.3, -0.25) is 0 Å². The fourth-order valence-electron chi connectivity index (χ4n) is 2.29. The monoisotopic (exact) mass is 288 g/mol. The molecule has 0 aromatic rings. The fraction of sp³-hybridized carbons (Fsp3) is 0.867. The highest BCUT2D eigenvalue weighted by atomic mass is 16.5. The zero-order valence-corrected chi connectivity index (χ0v) is 12.1. The number of unbranched alkanes of at least 4 members (excludes halogenated alkanes) is 5. The molecule has 0 unspecified atom stereocenters. The van der Waals surface area contributed by atoms with Gasteiger partial charge in [0.25, 0.3) is 0 Å². The van der Waals surface area contributed by atoms with Gasteiger partial charge in [0, 0.05) is 6.61 Å². The molecule has 0 amide bonds. The van der Waals surface area contributed by atoms with Crippen LogP contribution in [0.25, 0.3) is 0 Å². The van der Waals surface area contributed by atoms with Crippen LogP contribution in [0.3, 0.4) is 0 Å². The van der Waals surface area contributed by atoms with Gasteiger partial charge < -0.3 is 24.8 Å². The van der Waals surface area contributed by atoms with Crippen molar-refractivity contribution in [3.8, 4) is 0 Å². The summed E-state index contributed by atoms with van der Waals surface area (Å²) in [6.45, 7) is 4.48. The van der Waals surface area contributed by atoms with Gasteiger partial charge in [0.05, 0.1) is 13.2 Å². The highest BCUT2D eigenvalue weighted by Gasteiger charge is 2.39. The molecule has 5 heteroatoms. The highest BCUT2D eigenvalue weighted by Crippen LogP contribution is 2.17. The van der Waals surface area contributed by atoms with Crippen molar-refractivity contribution in [3.63, 3.8) is 0 Å². The third-order valence-electron chi connectivity index (χ3n) is 3.56. The quantitative estimate of drug-likeness (QED) is 0.391. The second kappa shape index (κ2) is 10.3. The molecule has 0 spiro atoms. The first-order valence-corrected chi connectivity index (χ1v) is 7.51. The van der Waals surface area contributed by atoms with E-state index in [1.807, 2.05) is 6.08 Å². The molecule has 0 saturated carbocycles. The summed E-state index contributed by atoms with van der Waals surface area (Å²) in [6, 6.07) is 0. The van der Waals surface area contributed by atoms with Gasteiger partial charge in [-0.1, -0.05) is 25.3 Å². The van der Waals surface area contributed by atoms with Gasteiger partial charge in [-0.05, 0) is 19.3 Å². The molecule has 4 atom stereocenters. The first kappa shape index (κ1) is 17.6. The van der Waals surface area contributed by atoms with Crippen molar-refractivity contribution < 1.29 is 24.8 Å². The minimum atomic E-state index is -1.03. The Hall–Kier alpha value is -0.460. The first-order valence-electron chi connectivity index (χ1n) is 7.51. The number of aliphatic hydroxyl groups excluding tert-OH is 3. The summed E-state index contributed by atoms with van der Waals surface area (Å²) in [5.74, 6) is 0.